The summed E-state index contributed by atoms with van der Waals surface area (Å²) in [6, 6.07) is 9.96. The number of carbonyl (C=O) groups excluding carboxylic acids is 2. The maximum absolute atomic E-state index is 12.6. The predicted molar refractivity (Wildman–Crippen MR) is 99.6 cm³/mol. The molecule has 1 aromatic heterocycles. The molecule has 1 saturated heterocycles. The van der Waals surface area contributed by atoms with Crippen molar-refractivity contribution < 1.29 is 14.7 Å². The van der Waals surface area contributed by atoms with Crippen molar-refractivity contribution in [2.75, 3.05) is 32.1 Å². The molecule has 1 amide bonds. The topological polar surface area (TPSA) is 73.7 Å². The standard InChI is InChI=1S/C20H23N3O3/c1-22(2)18-8-5-16(13-21-18)20(26)23-11-9-15(10-12-23)19(25)14-3-6-17(24)7-4-14/h3-8,13,15,24H,9-12H2,1-2H3. The van der Waals surface area contributed by atoms with E-state index in [1.54, 1.807) is 29.3 Å². The number of aromatic nitrogens is 1. The van der Waals surface area contributed by atoms with Crippen LogP contribution in [0, 0.1) is 5.92 Å². The van der Waals surface area contributed by atoms with Gasteiger partial charge in [-0.1, -0.05) is 0 Å². The Hall–Kier alpha value is -2.89. The van der Waals surface area contributed by atoms with E-state index in [1.165, 1.54) is 12.1 Å². The molecule has 0 aliphatic carbocycles. The summed E-state index contributed by atoms with van der Waals surface area (Å²) < 4.78 is 0. The van der Waals surface area contributed by atoms with Gasteiger partial charge in [-0.05, 0) is 49.2 Å². The Morgan fingerprint density at radius 3 is 2.19 bits per heavy atom. The number of rotatable bonds is 4. The fourth-order valence-corrected chi connectivity index (χ4v) is 3.17. The second kappa shape index (κ2) is 7.56. The molecular weight excluding hydrogens is 330 g/mol. The van der Waals surface area contributed by atoms with Gasteiger partial charge < -0.3 is 14.9 Å². The van der Waals surface area contributed by atoms with Crippen molar-refractivity contribution >= 4 is 17.5 Å². The third-order valence-electron chi connectivity index (χ3n) is 4.76. The minimum atomic E-state index is -0.0853. The van der Waals surface area contributed by atoms with Gasteiger partial charge in [0.2, 0.25) is 0 Å². The number of phenols is 1. The van der Waals surface area contributed by atoms with Crippen molar-refractivity contribution in [3.05, 3.63) is 53.7 Å². The number of carbonyl (C=O) groups is 2. The second-order valence-corrected chi connectivity index (χ2v) is 6.78. The molecule has 1 aromatic carbocycles. The van der Waals surface area contributed by atoms with Crippen LogP contribution in [0.15, 0.2) is 42.6 Å². The van der Waals surface area contributed by atoms with Crippen molar-refractivity contribution in [1.29, 1.82) is 0 Å². The van der Waals surface area contributed by atoms with Gasteiger partial charge in [-0.25, -0.2) is 4.98 Å². The number of ketones is 1. The quantitative estimate of drug-likeness (QED) is 0.855. The van der Waals surface area contributed by atoms with Crippen LogP contribution in [-0.4, -0.2) is 53.9 Å². The van der Waals surface area contributed by atoms with Crippen molar-refractivity contribution in [3.8, 4) is 5.75 Å². The highest BCUT2D eigenvalue weighted by molar-refractivity contribution is 5.98. The van der Waals surface area contributed by atoms with E-state index in [0.29, 0.717) is 37.1 Å². The molecule has 136 valence electrons. The lowest BCUT2D eigenvalue weighted by molar-refractivity contribution is 0.0650. The van der Waals surface area contributed by atoms with Crippen LogP contribution < -0.4 is 4.90 Å². The normalized spacial score (nSPS) is 14.9. The van der Waals surface area contributed by atoms with E-state index in [2.05, 4.69) is 4.98 Å². The first kappa shape index (κ1) is 17.9. The number of piperidine rings is 1. The molecule has 0 radical (unpaired) electrons. The predicted octanol–water partition coefficient (Wildman–Crippen LogP) is 2.59. The Kier molecular flexibility index (Phi) is 5.21. The Labute approximate surface area is 153 Å². The molecule has 0 atom stereocenters. The first-order chi connectivity index (χ1) is 12.5. The minimum Gasteiger partial charge on any atom is -0.508 e. The number of hydrogen-bond donors (Lipinski definition) is 1. The van der Waals surface area contributed by atoms with Crippen LogP contribution >= 0.6 is 0 Å². The van der Waals surface area contributed by atoms with Crippen LogP contribution in [0.4, 0.5) is 5.82 Å². The molecule has 26 heavy (non-hydrogen) atoms. The lowest BCUT2D eigenvalue weighted by Crippen LogP contribution is -2.40. The number of hydrogen-bond acceptors (Lipinski definition) is 5. The summed E-state index contributed by atoms with van der Waals surface area (Å²) in [5.41, 5.74) is 1.18. The third-order valence-corrected chi connectivity index (χ3v) is 4.76. The van der Waals surface area contributed by atoms with Crippen LogP contribution in [0.5, 0.6) is 5.75 Å². The Balaban J connectivity index is 1.60. The number of phenolic OH excluding ortho intramolecular Hbond substituents is 1. The first-order valence-electron chi connectivity index (χ1n) is 8.71. The number of amides is 1. The lowest BCUT2D eigenvalue weighted by atomic mass is 9.88. The Morgan fingerprint density at radius 1 is 1.04 bits per heavy atom. The van der Waals surface area contributed by atoms with E-state index in [9.17, 15) is 14.7 Å². The highest BCUT2D eigenvalue weighted by Crippen LogP contribution is 2.24. The molecule has 3 rings (SSSR count). The molecule has 1 fully saturated rings. The Morgan fingerprint density at radius 2 is 1.65 bits per heavy atom. The van der Waals surface area contributed by atoms with Crippen LogP contribution in [0.1, 0.15) is 33.6 Å². The number of nitrogens with zero attached hydrogens (tertiary/aromatic N) is 3. The molecular formula is C20H23N3O3. The molecule has 0 saturated carbocycles. The number of Topliss-reactive ketones (excluding diaryl/α,β-unsaturated/α-hetero) is 1. The molecule has 2 heterocycles. The van der Waals surface area contributed by atoms with Crippen molar-refractivity contribution in [2.45, 2.75) is 12.8 Å². The molecule has 1 aliphatic rings. The van der Waals surface area contributed by atoms with E-state index in [1.807, 2.05) is 25.1 Å². The molecule has 0 spiro atoms. The van der Waals surface area contributed by atoms with Gasteiger partial charge in [0.25, 0.3) is 5.91 Å². The van der Waals surface area contributed by atoms with Crippen molar-refractivity contribution in [1.82, 2.24) is 9.88 Å². The number of aromatic hydroxyl groups is 1. The zero-order chi connectivity index (χ0) is 18.7. The lowest BCUT2D eigenvalue weighted by Gasteiger charge is -2.31. The fourth-order valence-electron chi connectivity index (χ4n) is 3.17. The minimum absolute atomic E-state index is 0.0432. The molecule has 6 nitrogen and oxygen atoms in total. The number of benzene rings is 1. The van der Waals surface area contributed by atoms with E-state index in [0.717, 1.165) is 5.82 Å². The van der Waals surface area contributed by atoms with Crippen LogP contribution in [0.2, 0.25) is 0 Å². The molecule has 1 N–H and O–H groups in total. The summed E-state index contributed by atoms with van der Waals surface area (Å²) in [6.07, 6.45) is 2.90. The zero-order valence-electron chi connectivity index (χ0n) is 15.1. The van der Waals surface area contributed by atoms with Gasteiger partial charge in [-0.3, -0.25) is 9.59 Å². The van der Waals surface area contributed by atoms with E-state index < -0.39 is 0 Å². The van der Waals surface area contributed by atoms with Gasteiger partial charge in [0.15, 0.2) is 5.78 Å². The van der Waals surface area contributed by atoms with E-state index in [4.69, 9.17) is 0 Å². The summed E-state index contributed by atoms with van der Waals surface area (Å²) in [5.74, 6) is 0.904. The van der Waals surface area contributed by atoms with Gasteiger partial charge >= 0.3 is 0 Å². The SMILES string of the molecule is CN(C)c1ccc(C(=O)N2CCC(C(=O)c3ccc(O)cc3)CC2)cn1. The van der Waals surface area contributed by atoms with Gasteiger partial charge in [0.1, 0.15) is 11.6 Å². The number of anilines is 1. The maximum atomic E-state index is 12.6. The van der Waals surface area contributed by atoms with Crippen LogP contribution in [-0.2, 0) is 0 Å². The van der Waals surface area contributed by atoms with Crippen LogP contribution in [0.25, 0.3) is 0 Å². The third kappa shape index (κ3) is 3.85. The first-order valence-corrected chi connectivity index (χ1v) is 8.71. The van der Waals surface area contributed by atoms with Gasteiger partial charge in [-0.15, -0.1) is 0 Å². The molecule has 0 bridgehead atoms. The molecule has 2 aromatic rings. The molecule has 1 aliphatic heterocycles. The van der Waals surface area contributed by atoms with E-state index >= 15 is 0 Å². The smallest absolute Gasteiger partial charge is 0.255 e. The average molecular weight is 353 g/mol. The maximum Gasteiger partial charge on any atom is 0.255 e. The number of pyridine rings is 1. The summed E-state index contributed by atoms with van der Waals surface area (Å²) >= 11 is 0. The van der Waals surface area contributed by atoms with Crippen LogP contribution in [0.3, 0.4) is 0 Å². The second-order valence-electron chi connectivity index (χ2n) is 6.78. The van der Waals surface area contributed by atoms with Crippen molar-refractivity contribution in [2.24, 2.45) is 5.92 Å². The largest absolute Gasteiger partial charge is 0.508 e. The highest BCUT2D eigenvalue weighted by Gasteiger charge is 2.28. The molecule has 6 heteroatoms. The average Bonchev–Trinajstić information content (AvgIpc) is 2.67. The van der Waals surface area contributed by atoms with Gasteiger partial charge in [0, 0.05) is 44.9 Å². The fraction of sp³-hybridized carbons (Fsp3) is 0.350. The highest BCUT2D eigenvalue weighted by atomic mass is 16.3. The number of likely N-dealkylation sites (tertiary alicyclic amines) is 1. The summed E-state index contributed by atoms with van der Waals surface area (Å²) in [5, 5.41) is 9.34. The molecule has 0 unspecified atom stereocenters. The van der Waals surface area contributed by atoms with E-state index in [-0.39, 0.29) is 23.4 Å². The van der Waals surface area contributed by atoms with Gasteiger partial charge in [0.05, 0.1) is 5.56 Å². The van der Waals surface area contributed by atoms with Crippen molar-refractivity contribution in [3.63, 3.8) is 0 Å². The zero-order valence-corrected chi connectivity index (χ0v) is 15.1. The monoisotopic (exact) mass is 353 g/mol. The Bertz CT molecular complexity index is 777. The summed E-state index contributed by atoms with van der Waals surface area (Å²) in [6.45, 7) is 1.12. The summed E-state index contributed by atoms with van der Waals surface area (Å²) in [7, 11) is 3.80. The van der Waals surface area contributed by atoms with Gasteiger partial charge in [-0.2, -0.15) is 0 Å². The summed E-state index contributed by atoms with van der Waals surface area (Å²) in [4.78, 5) is 33.1.